The molecule has 1 saturated heterocycles. The number of rotatable bonds is 5. The van der Waals surface area contributed by atoms with Crippen molar-refractivity contribution in [2.24, 2.45) is 5.92 Å². The van der Waals surface area contributed by atoms with Gasteiger partial charge in [-0.25, -0.2) is 0 Å². The lowest BCUT2D eigenvalue weighted by Gasteiger charge is -2.21. The summed E-state index contributed by atoms with van der Waals surface area (Å²) < 4.78 is 7.26. The lowest BCUT2D eigenvalue weighted by molar-refractivity contribution is 0.0601. The minimum absolute atomic E-state index is 0.231. The molecule has 1 aromatic carbocycles. The third-order valence-corrected chi connectivity index (χ3v) is 4.57. The van der Waals surface area contributed by atoms with Crippen LogP contribution in [-0.4, -0.2) is 39.1 Å². The fraction of sp³-hybridized carbons (Fsp3) is 0.316. The van der Waals surface area contributed by atoms with Gasteiger partial charge in [0.25, 0.3) is 5.91 Å². The molecule has 1 fully saturated rings. The normalized spacial score (nSPS) is 15.1. The van der Waals surface area contributed by atoms with Crippen LogP contribution in [0.15, 0.2) is 48.8 Å². The van der Waals surface area contributed by atoms with Crippen molar-refractivity contribution in [3.8, 4) is 11.3 Å². The molecule has 3 heterocycles. The second-order valence-corrected chi connectivity index (χ2v) is 6.49. The molecule has 2 N–H and O–H groups in total. The van der Waals surface area contributed by atoms with Crippen molar-refractivity contribution in [1.29, 1.82) is 0 Å². The summed E-state index contributed by atoms with van der Waals surface area (Å²) in [5.74, 6) is 0.346. The topological polar surface area (TPSA) is 84.8 Å². The highest BCUT2D eigenvalue weighted by atomic mass is 16.5. The number of benzene rings is 1. The lowest BCUT2D eigenvalue weighted by atomic mass is 10.0. The molecule has 0 bridgehead atoms. The molecule has 4 rings (SSSR count). The molecule has 134 valence electrons. The zero-order chi connectivity index (χ0) is 17.8. The van der Waals surface area contributed by atoms with Gasteiger partial charge in [-0.3, -0.25) is 14.6 Å². The van der Waals surface area contributed by atoms with Gasteiger partial charge in [0.05, 0.1) is 17.6 Å². The SMILES string of the molecule is O=C(Nc1cnn(CC2CCOCC2)c1)c1cc(-c2ccccc2)n[nH]1. The summed E-state index contributed by atoms with van der Waals surface area (Å²) in [6, 6.07) is 11.5. The largest absolute Gasteiger partial charge is 0.381 e. The van der Waals surface area contributed by atoms with Crippen molar-refractivity contribution in [3.05, 3.63) is 54.5 Å². The maximum absolute atomic E-state index is 12.4. The number of amides is 1. The molecule has 0 saturated carbocycles. The second kappa shape index (κ2) is 7.53. The number of anilines is 1. The number of nitrogens with one attached hydrogen (secondary N) is 2. The Labute approximate surface area is 151 Å². The quantitative estimate of drug-likeness (QED) is 0.740. The summed E-state index contributed by atoms with van der Waals surface area (Å²) in [5, 5.41) is 14.2. The van der Waals surface area contributed by atoms with E-state index >= 15 is 0 Å². The van der Waals surface area contributed by atoms with Gasteiger partial charge in [-0.1, -0.05) is 30.3 Å². The molecule has 26 heavy (non-hydrogen) atoms. The highest BCUT2D eigenvalue weighted by molar-refractivity contribution is 6.03. The number of aromatic nitrogens is 4. The Hall–Kier alpha value is -2.93. The Kier molecular flexibility index (Phi) is 4.79. The Morgan fingerprint density at radius 2 is 2.08 bits per heavy atom. The first-order chi connectivity index (χ1) is 12.8. The number of hydrogen-bond donors (Lipinski definition) is 2. The van der Waals surface area contributed by atoms with Crippen LogP contribution in [0.5, 0.6) is 0 Å². The molecule has 1 amide bonds. The van der Waals surface area contributed by atoms with Gasteiger partial charge < -0.3 is 10.1 Å². The predicted molar refractivity (Wildman–Crippen MR) is 97.7 cm³/mol. The molecule has 0 atom stereocenters. The van der Waals surface area contributed by atoms with Crippen LogP contribution in [0.25, 0.3) is 11.3 Å². The Morgan fingerprint density at radius 3 is 2.88 bits per heavy atom. The molecule has 0 radical (unpaired) electrons. The molecule has 0 aliphatic carbocycles. The molecule has 0 spiro atoms. The van der Waals surface area contributed by atoms with E-state index in [1.807, 2.05) is 41.2 Å². The summed E-state index contributed by atoms with van der Waals surface area (Å²) in [5.41, 5.74) is 2.80. The monoisotopic (exact) mass is 351 g/mol. The molecule has 3 aromatic rings. The zero-order valence-corrected chi connectivity index (χ0v) is 14.4. The Bertz CT molecular complexity index is 865. The fourth-order valence-electron chi connectivity index (χ4n) is 3.11. The first-order valence-corrected chi connectivity index (χ1v) is 8.80. The highest BCUT2D eigenvalue weighted by Gasteiger charge is 2.16. The van der Waals surface area contributed by atoms with Crippen molar-refractivity contribution in [3.63, 3.8) is 0 Å². The van der Waals surface area contributed by atoms with Gasteiger partial charge >= 0.3 is 0 Å². The van der Waals surface area contributed by atoms with E-state index in [2.05, 4.69) is 20.6 Å². The zero-order valence-electron chi connectivity index (χ0n) is 14.4. The smallest absolute Gasteiger partial charge is 0.273 e. The van der Waals surface area contributed by atoms with Crippen LogP contribution in [-0.2, 0) is 11.3 Å². The van der Waals surface area contributed by atoms with E-state index in [1.165, 1.54) is 0 Å². The van der Waals surface area contributed by atoms with Crippen LogP contribution >= 0.6 is 0 Å². The van der Waals surface area contributed by atoms with Crippen molar-refractivity contribution in [2.45, 2.75) is 19.4 Å². The minimum atomic E-state index is -0.231. The van der Waals surface area contributed by atoms with E-state index in [1.54, 1.807) is 12.3 Å². The van der Waals surface area contributed by atoms with Crippen LogP contribution in [0.2, 0.25) is 0 Å². The first-order valence-electron chi connectivity index (χ1n) is 8.80. The number of nitrogens with zero attached hydrogens (tertiary/aromatic N) is 3. The second-order valence-electron chi connectivity index (χ2n) is 6.49. The number of H-pyrrole nitrogens is 1. The third kappa shape index (κ3) is 3.83. The van der Waals surface area contributed by atoms with Gasteiger partial charge in [0.15, 0.2) is 0 Å². The summed E-state index contributed by atoms with van der Waals surface area (Å²) in [4.78, 5) is 12.4. The van der Waals surface area contributed by atoms with Gasteiger partial charge in [-0.15, -0.1) is 0 Å². The van der Waals surface area contributed by atoms with Gasteiger partial charge in [0.1, 0.15) is 5.69 Å². The van der Waals surface area contributed by atoms with Gasteiger partial charge in [0, 0.05) is 31.5 Å². The molecule has 0 unspecified atom stereocenters. The fourth-order valence-corrected chi connectivity index (χ4v) is 3.11. The van der Waals surface area contributed by atoms with E-state index in [-0.39, 0.29) is 5.91 Å². The number of hydrogen-bond acceptors (Lipinski definition) is 4. The molecule has 7 heteroatoms. The van der Waals surface area contributed by atoms with E-state index < -0.39 is 0 Å². The van der Waals surface area contributed by atoms with E-state index in [4.69, 9.17) is 4.74 Å². The standard InChI is InChI=1S/C19H21N5O2/c25-19(18-10-17(22-23-18)15-4-2-1-3-5-15)21-16-11-20-24(13-16)12-14-6-8-26-9-7-14/h1-5,10-11,13-14H,6-9,12H2,(H,21,25)(H,22,23). The maximum atomic E-state index is 12.4. The summed E-state index contributed by atoms with van der Waals surface area (Å²) in [6.07, 6.45) is 5.64. The van der Waals surface area contributed by atoms with Crippen molar-refractivity contribution < 1.29 is 9.53 Å². The molecule has 1 aliphatic rings. The number of carbonyl (C=O) groups is 1. The van der Waals surface area contributed by atoms with Crippen LogP contribution in [0.3, 0.4) is 0 Å². The average molecular weight is 351 g/mol. The predicted octanol–water partition coefficient (Wildman–Crippen LogP) is 2.95. The van der Waals surface area contributed by atoms with Gasteiger partial charge in [-0.05, 0) is 24.8 Å². The average Bonchev–Trinajstić information content (AvgIpc) is 3.33. The molecule has 7 nitrogen and oxygen atoms in total. The van der Waals surface area contributed by atoms with Crippen molar-refractivity contribution in [2.75, 3.05) is 18.5 Å². The van der Waals surface area contributed by atoms with Crippen molar-refractivity contribution in [1.82, 2.24) is 20.0 Å². The molecular weight excluding hydrogens is 330 g/mol. The number of carbonyl (C=O) groups excluding carboxylic acids is 1. The van der Waals surface area contributed by atoms with Crippen LogP contribution < -0.4 is 5.32 Å². The first kappa shape index (κ1) is 16.5. The van der Waals surface area contributed by atoms with E-state index in [0.29, 0.717) is 17.3 Å². The lowest BCUT2D eigenvalue weighted by Crippen LogP contribution is -2.20. The number of aromatic amines is 1. The van der Waals surface area contributed by atoms with Gasteiger partial charge in [-0.2, -0.15) is 10.2 Å². The van der Waals surface area contributed by atoms with Gasteiger partial charge in [0.2, 0.25) is 0 Å². The maximum Gasteiger partial charge on any atom is 0.273 e. The summed E-state index contributed by atoms with van der Waals surface area (Å²) >= 11 is 0. The van der Waals surface area contributed by atoms with Crippen LogP contribution in [0, 0.1) is 5.92 Å². The molecule has 2 aromatic heterocycles. The molecular formula is C19H21N5O2. The number of ether oxygens (including phenoxy) is 1. The summed E-state index contributed by atoms with van der Waals surface area (Å²) in [7, 11) is 0. The molecule has 1 aliphatic heterocycles. The van der Waals surface area contributed by atoms with Crippen molar-refractivity contribution >= 4 is 11.6 Å². The van der Waals surface area contributed by atoms with Crippen LogP contribution in [0.4, 0.5) is 5.69 Å². The minimum Gasteiger partial charge on any atom is -0.381 e. The van der Waals surface area contributed by atoms with E-state index in [0.717, 1.165) is 43.9 Å². The Balaban J connectivity index is 1.38. The van der Waals surface area contributed by atoms with E-state index in [9.17, 15) is 4.79 Å². The highest BCUT2D eigenvalue weighted by Crippen LogP contribution is 2.19. The third-order valence-electron chi connectivity index (χ3n) is 4.57. The Morgan fingerprint density at radius 1 is 1.27 bits per heavy atom. The summed E-state index contributed by atoms with van der Waals surface area (Å²) in [6.45, 7) is 2.49. The van der Waals surface area contributed by atoms with Crippen LogP contribution in [0.1, 0.15) is 23.3 Å².